The molecule has 2 atom stereocenters. The Morgan fingerprint density at radius 1 is 1.21 bits per heavy atom. The average Bonchev–Trinajstić information content (AvgIpc) is 2.26. The summed E-state index contributed by atoms with van der Waals surface area (Å²) in [6.45, 7) is 6.32. The minimum absolute atomic E-state index is 0.0824. The minimum Gasteiger partial charge on any atom is -0.386 e. The van der Waals surface area contributed by atoms with Gasteiger partial charge in [0.1, 0.15) is 6.10 Å². The van der Waals surface area contributed by atoms with Crippen LogP contribution in [0.25, 0.3) is 0 Å². The highest BCUT2D eigenvalue weighted by molar-refractivity contribution is 5.34. The van der Waals surface area contributed by atoms with Crippen LogP contribution in [0.15, 0.2) is 24.3 Å². The molecule has 1 aliphatic rings. The molecule has 2 rings (SSSR count). The van der Waals surface area contributed by atoms with Gasteiger partial charge in [0.05, 0.1) is 6.10 Å². The van der Waals surface area contributed by atoms with Crippen molar-refractivity contribution in [2.45, 2.75) is 58.2 Å². The van der Waals surface area contributed by atoms with E-state index in [0.717, 1.165) is 5.56 Å². The summed E-state index contributed by atoms with van der Waals surface area (Å²) < 4.78 is 5.57. The van der Waals surface area contributed by atoms with Crippen LogP contribution in [0.3, 0.4) is 0 Å². The molecular weight excluding hydrogens is 236 g/mol. The van der Waals surface area contributed by atoms with Gasteiger partial charge in [-0.3, -0.25) is 0 Å². The molecule has 1 saturated carbocycles. The molecule has 1 aliphatic carbocycles. The van der Waals surface area contributed by atoms with Crippen molar-refractivity contribution in [3.8, 4) is 0 Å². The van der Waals surface area contributed by atoms with Gasteiger partial charge in [-0.25, -0.2) is 0 Å². The van der Waals surface area contributed by atoms with E-state index in [0.29, 0.717) is 5.92 Å². The van der Waals surface area contributed by atoms with Crippen LogP contribution in [-0.2, 0) is 4.74 Å². The molecule has 2 heteroatoms. The Balaban J connectivity index is 2.29. The number of aliphatic hydroxyl groups is 1. The third kappa shape index (κ3) is 3.01. The van der Waals surface area contributed by atoms with Crippen LogP contribution in [0, 0.1) is 5.41 Å². The minimum atomic E-state index is -0.554. The molecule has 0 amide bonds. The van der Waals surface area contributed by atoms with Crippen molar-refractivity contribution >= 4 is 0 Å². The molecule has 0 aliphatic heterocycles. The van der Waals surface area contributed by atoms with E-state index in [-0.39, 0.29) is 11.5 Å². The van der Waals surface area contributed by atoms with Gasteiger partial charge in [-0.15, -0.1) is 0 Å². The maximum Gasteiger partial charge on any atom is 0.106 e. The number of hydrogen-bond donors (Lipinski definition) is 1. The molecule has 0 aromatic heterocycles. The predicted molar refractivity (Wildman–Crippen MR) is 78.2 cm³/mol. The molecule has 106 valence electrons. The van der Waals surface area contributed by atoms with E-state index >= 15 is 0 Å². The first-order chi connectivity index (χ1) is 8.95. The highest BCUT2D eigenvalue weighted by Crippen LogP contribution is 2.42. The van der Waals surface area contributed by atoms with Gasteiger partial charge in [-0.1, -0.05) is 51.5 Å². The molecule has 1 aromatic carbocycles. The lowest BCUT2D eigenvalue weighted by atomic mass is 9.75. The Morgan fingerprint density at radius 2 is 1.84 bits per heavy atom. The van der Waals surface area contributed by atoms with Crippen molar-refractivity contribution in [2.75, 3.05) is 7.11 Å². The first-order valence-corrected chi connectivity index (χ1v) is 7.25. The van der Waals surface area contributed by atoms with Crippen LogP contribution in [0.2, 0.25) is 0 Å². The third-order valence-corrected chi connectivity index (χ3v) is 4.25. The number of aliphatic hydroxyl groups excluding tert-OH is 1. The molecule has 2 unspecified atom stereocenters. The Kier molecular flexibility index (Phi) is 4.32. The molecule has 0 heterocycles. The second kappa shape index (κ2) is 5.64. The SMILES string of the molecule is COC(C(O)c1ccccc1C1CCC1)C(C)(C)C. The fourth-order valence-corrected chi connectivity index (χ4v) is 2.99. The van der Waals surface area contributed by atoms with Crippen LogP contribution >= 0.6 is 0 Å². The maximum absolute atomic E-state index is 10.7. The highest BCUT2D eigenvalue weighted by Gasteiger charge is 2.34. The number of methoxy groups -OCH3 is 1. The molecule has 19 heavy (non-hydrogen) atoms. The van der Waals surface area contributed by atoms with Gasteiger partial charge < -0.3 is 9.84 Å². The third-order valence-electron chi connectivity index (χ3n) is 4.25. The van der Waals surface area contributed by atoms with Crippen LogP contribution in [0.5, 0.6) is 0 Å². The van der Waals surface area contributed by atoms with Crippen molar-refractivity contribution < 1.29 is 9.84 Å². The lowest BCUT2D eigenvalue weighted by Gasteiger charge is -2.36. The summed E-state index contributed by atoms with van der Waals surface area (Å²) in [5, 5.41) is 10.7. The van der Waals surface area contributed by atoms with Crippen molar-refractivity contribution in [3.63, 3.8) is 0 Å². The van der Waals surface area contributed by atoms with E-state index in [2.05, 4.69) is 39.0 Å². The fraction of sp³-hybridized carbons (Fsp3) is 0.647. The second-order valence-corrected chi connectivity index (χ2v) is 6.72. The summed E-state index contributed by atoms with van der Waals surface area (Å²) >= 11 is 0. The average molecular weight is 262 g/mol. The highest BCUT2D eigenvalue weighted by atomic mass is 16.5. The van der Waals surface area contributed by atoms with Crippen LogP contribution in [0.4, 0.5) is 0 Å². The molecular formula is C17H26O2. The molecule has 0 saturated heterocycles. The van der Waals surface area contributed by atoms with Crippen molar-refractivity contribution in [2.24, 2.45) is 5.41 Å². The lowest BCUT2D eigenvalue weighted by molar-refractivity contribution is -0.0729. The van der Waals surface area contributed by atoms with Crippen molar-refractivity contribution in [3.05, 3.63) is 35.4 Å². The predicted octanol–water partition coefficient (Wildman–Crippen LogP) is 4.05. The Hall–Kier alpha value is -0.860. The number of benzene rings is 1. The van der Waals surface area contributed by atoms with Gasteiger partial charge in [0.2, 0.25) is 0 Å². The van der Waals surface area contributed by atoms with Crippen molar-refractivity contribution in [1.82, 2.24) is 0 Å². The number of rotatable bonds is 4. The fourth-order valence-electron chi connectivity index (χ4n) is 2.99. The summed E-state index contributed by atoms with van der Waals surface area (Å²) in [7, 11) is 1.69. The standard InChI is InChI=1S/C17H26O2/c1-17(2,3)16(19-4)15(18)14-11-6-5-10-13(14)12-8-7-9-12/h5-6,10-12,15-16,18H,7-9H2,1-4H3. The van der Waals surface area contributed by atoms with E-state index in [9.17, 15) is 5.11 Å². The van der Waals surface area contributed by atoms with E-state index < -0.39 is 6.10 Å². The van der Waals surface area contributed by atoms with Gasteiger partial charge in [-0.05, 0) is 35.3 Å². The van der Waals surface area contributed by atoms with E-state index in [4.69, 9.17) is 4.74 Å². The summed E-state index contributed by atoms with van der Waals surface area (Å²) in [6, 6.07) is 8.30. The molecule has 0 spiro atoms. The smallest absolute Gasteiger partial charge is 0.106 e. The first kappa shape index (κ1) is 14.5. The van der Waals surface area contributed by atoms with Gasteiger partial charge in [0, 0.05) is 7.11 Å². The number of ether oxygens (including phenoxy) is 1. The monoisotopic (exact) mass is 262 g/mol. The topological polar surface area (TPSA) is 29.5 Å². The normalized spacial score (nSPS) is 19.8. The molecule has 2 nitrogen and oxygen atoms in total. The van der Waals surface area contributed by atoms with E-state index in [1.807, 2.05) is 6.07 Å². The molecule has 1 aromatic rings. The summed E-state index contributed by atoms with van der Waals surface area (Å²) in [5.41, 5.74) is 2.28. The summed E-state index contributed by atoms with van der Waals surface area (Å²) in [4.78, 5) is 0. The van der Waals surface area contributed by atoms with Gasteiger partial charge in [-0.2, -0.15) is 0 Å². The van der Waals surface area contributed by atoms with Crippen molar-refractivity contribution in [1.29, 1.82) is 0 Å². The summed E-state index contributed by atoms with van der Waals surface area (Å²) in [5.74, 6) is 0.628. The van der Waals surface area contributed by atoms with Gasteiger partial charge in [0.25, 0.3) is 0 Å². The maximum atomic E-state index is 10.7. The zero-order chi connectivity index (χ0) is 14.0. The zero-order valence-corrected chi connectivity index (χ0v) is 12.5. The molecule has 0 bridgehead atoms. The molecule has 0 radical (unpaired) electrons. The van der Waals surface area contributed by atoms with Crippen LogP contribution in [-0.4, -0.2) is 18.3 Å². The van der Waals surface area contributed by atoms with Crippen LogP contribution < -0.4 is 0 Å². The Labute approximate surface area is 116 Å². The van der Waals surface area contributed by atoms with Gasteiger partial charge >= 0.3 is 0 Å². The molecule has 1 fully saturated rings. The largest absolute Gasteiger partial charge is 0.386 e. The van der Waals surface area contributed by atoms with Crippen LogP contribution in [0.1, 0.15) is 63.2 Å². The quantitative estimate of drug-likeness (QED) is 0.887. The first-order valence-electron chi connectivity index (χ1n) is 7.25. The van der Waals surface area contributed by atoms with E-state index in [1.165, 1.54) is 24.8 Å². The second-order valence-electron chi connectivity index (χ2n) is 6.72. The molecule has 1 N–H and O–H groups in total. The van der Waals surface area contributed by atoms with Gasteiger partial charge in [0.15, 0.2) is 0 Å². The Bertz CT molecular complexity index is 416. The zero-order valence-electron chi connectivity index (χ0n) is 12.5. The summed E-state index contributed by atoms with van der Waals surface area (Å²) in [6.07, 6.45) is 3.06. The van der Waals surface area contributed by atoms with E-state index in [1.54, 1.807) is 7.11 Å². The lowest BCUT2D eigenvalue weighted by Crippen LogP contribution is -2.35. The number of hydrogen-bond acceptors (Lipinski definition) is 2. The Morgan fingerprint density at radius 3 is 2.32 bits per heavy atom.